The number of nitriles is 1. The summed E-state index contributed by atoms with van der Waals surface area (Å²) < 4.78 is 5.35. The molecule has 0 N–H and O–H groups in total. The van der Waals surface area contributed by atoms with Crippen LogP contribution in [0, 0.1) is 18.3 Å². The molecule has 0 aliphatic heterocycles. The predicted molar refractivity (Wildman–Crippen MR) is 91.9 cm³/mol. The van der Waals surface area contributed by atoms with E-state index in [4.69, 9.17) is 9.68 Å². The highest BCUT2D eigenvalue weighted by molar-refractivity contribution is 5.78. The van der Waals surface area contributed by atoms with E-state index in [1.54, 1.807) is 11.2 Å². The largest absolute Gasteiger partial charge is 0.468 e. The fourth-order valence-corrected chi connectivity index (χ4v) is 2.49. The number of rotatable bonds is 8. The lowest BCUT2D eigenvalue weighted by molar-refractivity contribution is -0.131. The van der Waals surface area contributed by atoms with Gasteiger partial charge in [0.2, 0.25) is 5.91 Å². The average molecular weight is 325 g/mol. The third-order valence-corrected chi connectivity index (χ3v) is 3.95. The van der Waals surface area contributed by atoms with E-state index in [-0.39, 0.29) is 12.5 Å². The van der Waals surface area contributed by atoms with Crippen molar-refractivity contribution in [3.05, 3.63) is 59.5 Å². The number of benzene rings is 1. The maximum Gasteiger partial charge on any atom is 0.236 e. The van der Waals surface area contributed by atoms with Gasteiger partial charge in [-0.05, 0) is 30.2 Å². The van der Waals surface area contributed by atoms with Crippen molar-refractivity contribution < 1.29 is 9.21 Å². The standard InChI is InChI=1S/C19H23N3O2/c1-16-7-3-4-8-17(16)13-21(2)19(23)15-22(11-6-10-20)14-18-9-5-12-24-18/h3-5,7-9,12H,6,11,13-15H2,1-2H3. The second-order valence-corrected chi connectivity index (χ2v) is 5.87. The quantitative estimate of drug-likeness (QED) is 0.748. The Kier molecular flexibility index (Phi) is 6.59. The molecule has 0 aliphatic rings. The van der Waals surface area contributed by atoms with Crippen LogP contribution in [-0.2, 0) is 17.9 Å². The van der Waals surface area contributed by atoms with Crippen LogP contribution in [0.3, 0.4) is 0 Å². The molecule has 2 rings (SSSR count). The Bertz CT molecular complexity index is 689. The van der Waals surface area contributed by atoms with Crippen molar-refractivity contribution in [2.75, 3.05) is 20.1 Å². The number of aryl methyl sites for hydroxylation is 1. The lowest BCUT2D eigenvalue weighted by atomic mass is 10.1. The highest BCUT2D eigenvalue weighted by atomic mass is 16.3. The van der Waals surface area contributed by atoms with Crippen LogP contribution in [0.2, 0.25) is 0 Å². The average Bonchev–Trinajstić information content (AvgIpc) is 3.07. The van der Waals surface area contributed by atoms with Gasteiger partial charge in [-0.25, -0.2) is 0 Å². The van der Waals surface area contributed by atoms with Gasteiger partial charge in [0.25, 0.3) is 0 Å². The monoisotopic (exact) mass is 325 g/mol. The molecule has 0 saturated carbocycles. The Morgan fingerprint density at radius 3 is 2.67 bits per heavy atom. The maximum atomic E-state index is 12.5. The summed E-state index contributed by atoms with van der Waals surface area (Å²) in [4.78, 5) is 16.2. The molecule has 0 radical (unpaired) electrons. The van der Waals surface area contributed by atoms with Crippen LogP contribution in [0.1, 0.15) is 23.3 Å². The highest BCUT2D eigenvalue weighted by Gasteiger charge is 2.16. The van der Waals surface area contributed by atoms with Gasteiger partial charge in [-0.15, -0.1) is 0 Å². The van der Waals surface area contributed by atoms with Gasteiger partial charge >= 0.3 is 0 Å². The number of likely N-dealkylation sites (N-methyl/N-ethyl adjacent to an activating group) is 1. The molecule has 126 valence electrons. The van der Waals surface area contributed by atoms with E-state index in [0.29, 0.717) is 26.1 Å². The van der Waals surface area contributed by atoms with Crippen molar-refractivity contribution in [1.29, 1.82) is 5.26 Å². The van der Waals surface area contributed by atoms with Crippen LogP contribution < -0.4 is 0 Å². The number of carbonyl (C=O) groups excluding carboxylic acids is 1. The molecule has 1 aromatic heterocycles. The first kappa shape index (κ1) is 17.8. The topological polar surface area (TPSA) is 60.5 Å². The zero-order chi connectivity index (χ0) is 17.4. The Hall–Kier alpha value is -2.58. The Labute approximate surface area is 143 Å². The van der Waals surface area contributed by atoms with Gasteiger partial charge in [-0.2, -0.15) is 5.26 Å². The van der Waals surface area contributed by atoms with Gasteiger partial charge in [-0.1, -0.05) is 24.3 Å². The second-order valence-electron chi connectivity index (χ2n) is 5.87. The van der Waals surface area contributed by atoms with E-state index in [1.165, 1.54) is 5.56 Å². The van der Waals surface area contributed by atoms with Crippen LogP contribution in [0.5, 0.6) is 0 Å². The molecule has 0 fully saturated rings. The Morgan fingerprint density at radius 2 is 2.00 bits per heavy atom. The summed E-state index contributed by atoms with van der Waals surface area (Å²) in [5.74, 6) is 0.824. The van der Waals surface area contributed by atoms with E-state index in [0.717, 1.165) is 11.3 Å². The van der Waals surface area contributed by atoms with E-state index in [1.807, 2.05) is 55.3 Å². The fourth-order valence-electron chi connectivity index (χ4n) is 2.49. The van der Waals surface area contributed by atoms with Gasteiger partial charge in [-0.3, -0.25) is 9.69 Å². The SMILES string of the molecule is Cc1ccccc1CN(C)C(=O)CN(CCC#N)Cc1ccco1. The summed E-state index contributed by atoms with van der Waals surface area (Å²) in [5.41, 5.74) is 2.32. The van der Waals surface area contributed by atoms with Gasteiger partial charge in [0.1, 0.15) is 5.76 Å². The molecule has 5 nitrogen and oxygen atoms in total. The number of amides is 1. The zero-order valence-corrected chi connectivity index (χ0v) is 14.2. The first-order chi connectivity index (χ1) is 11.6. The molecule has 1 heterocycles. The summed E-state index contributed by atoms with van der Waals surface area (Å²) in [6.07, 6.45) is 2.00. The number of furan rings is 1. The summed E-state index contributed by atoms with van der Waals surface area (Å²) in [6, 6.07) is 13.9. The smallest absolute Gasteiger partial charge is 0.236 e. The lowest BCUT2D eigenvalue weighted by Gasteiger charge is -2.24. The number of hydrogen-bond donors (Lipinski definition) is 0. The summed E-state index contributed by atoms with van der Waals surface area (Å²) >= 11 is 0. The van der Waals surface area contributed by atoms with Crippen molar-refractivity contribution in [2.45, 2.75) is 26.4 Å². The van der Waals surface area contributed by atoms with E-state index < -0.39 is 0 Å². The summed E-state index contributed by atoms with van der Waals surface area (Å²) in [7, 11) is 1.81. The molecule has 24 heavy (non-hydrogen) atoms. The normalized spacial score (nSPS) is 10.6. The van der Waals surface area contributed by atoms with Crippen LogP contribution in [0.15, 0.2) is 47.1 Å². The van der Waals surface area contributed by atoms with E-state index >= 15 is 0 Å². The lowest BCUT2D eigenvalue weighted by Crippen LogP contribution is -2.38. The first-order valence-corrected chi connectivity index (χ1v) is 8.00. The minimum Gasteiger partial charge on any atom is -0.468 e. The van der Waals surface area contributed by atoms with Gasteiger partial charge < -0.3 is 9.32 Å². The van der Waals surface area contributed by atoms with Crippen molar-refractivity contribution in [2.24, 2.45) is 0 Å². The van der Waals surface area contributed by atoms with Crippen molar-refractivity contribution in [3.8, 4) is 6.07 Å². The second kappa shape index (κ2) is 8.90. The van der Waals surface area contributed by atoms with Gasteiger partial charge in [0.15, 0.2) is 0 Å². The van der Waals surface area contributed by atoms with Crippen molar-refractivity contribution in [3.63, 3.8) is 0 Å². The third kappa shape index (κ3) is 5.25. The van der Waals surface area contributed by atoms with Crippen LogP contribution in [0.4, 0.5) is 0 Å². The van der Waals surface area contributed by atoms with Crippen molar-refractivity contribution in [1.82, 2.24) is 9.80 Å². The molecular formula is C19H23N3O2. The highest BCUT2D eigenvalue weighted by Crippen LogP contribution is 2.11. The summed E-state index contributed by atoms with van der Waals surface area (Å²) in [5, 5.41) is 8.81. The minimum atomic E-state index is 0.0303. The third-order valence-electron chi connectivity index (χ3n) is 3.95. The fraction of sp³-hybridized carbons (Fsp3) is 0.368. The molecule has 5 heteroatoms. The molecule has 1 aromatic carbocycles. The number of carbonyl (C=O) groups is 1. The van der Waals surface area contributed by atoms with Gasteiger partial charge in [0, 0.05) is 26.6 Å². The molecule has 0 bridgehead atoms. The molecular weight excluding hydrogens is 302 g/mol. The minimum absolute atomic E-state index is 0.0303. The Morgan fingerprint density at radius 1 is 1.21 bits per heavy atom. The molecule has 0 atom stereocenters. The molecule has 0 aliphatic carbocycles. The number of nitrogens with zero attached hydrogens (tertiary/aromatic N) is 3. The molecule has 2 aromatic rings. The molecule has 0 saturated heterocycles. The van der Waals surface area contributed by atoms with Crippen LogP contribution in [0.25, 0.3) is 0 Å². The van der Waals surface area contributed by atoms with Crippen LogP contribution >= 0.6 is 0 Å². The maximum absolute atomic E-state index is 12.5. The molecule has 0 spiro atoms. The summed E-state index contributed by atoms with van der Waals surface area (Å²) in [6.45, 7) is 3.96. The van der Waals surface area contributed by atoms with E-state index in [2.05, 4.69) is 6.07 Å². The van der Waals surface area contributed by atoms with Crippen LogP contribution in [-0.4, -0.2) is 35.8 Å². The predicted octanol–water partition coefficient (Wildman–Crippen LogP) is 2.96. The molecule has 0 unspecified atom stereocenters. The van der Waals surface area contributed by atoms with E-state index in [9.17, 15) is 4.79 Å². The first-order valence-electron chi connectivity index (χ1n) is 8.00. The zero-order valence-electron chi connectivity index (χ0n) is 14.2. The Balaban J connectivity index is 1.95. The number of hydrogen-bond acceptors (Lipinski definition) is 4. The van der Waals surface area contributed by atoms with Crippen molar-refractivity contribution >= 4 is 5.91 Å². The van der Waals surface area contributed by atoms with Gasteiger partial charge in [0.05, 0.1) is 25.4 Å². The molecule has 1 amide bonds.